The minimum Gasteiger partial charge on any atom is -0.495 e. The van der Waals surface area contributed by atoms with E-state index in [-0.39, 0.29) is 5.78 Å². The van der Waals surface area contributed by atoms with Crippen LogP contribution in [0.15, 0.2) is 23.6 Å². The Bertz CT molecular complexity index is 605. The maximum atomic E-state index is 12.3. The maximum absolute atomic E-state index is 12.3. The van der Waals surface area contributed by atoms with Gasteiger partial charge in [-0.2, -0.15) is 0 Å². The third-order valence-electron chi connectivity index (χ3n) is 2.55. The number of carbonyl (C=O) groups excluding carboxylic acids is 1. The van der Waals surface area contributed by atoms with E-state index in [9.17, 15) is 4.79 Å². The lowest BCUT2D eigenvalue weighted by Crippen LogP contribution is -2.02. The standard InChI is InChI=1S/C13H10Cl2O2S/c1-7-3-4-18-13(7)12(16)8-5-10(15)11(17-2)6-9(8)14/h3-6H,1-2H3. The summed E-state index contributed by atoms with van der Waals surface area (Å²) >= 11 is 13.5. The average molecular weight is 301 g/mol. The Morgan fingerprint density at radius 3 is 2.56 bits per heavy atom. The Hall–Kier alpha value is -1.03. The molecule has 1 heterocycles. The second-order valence-electron chi connectivity index (χ2n) is 3.73. The number of halogens is 2. The molecule has 0 aliphatic rings. The van der Waals surface area contributed by atoms with Crippen molar-refractivity contribution in [1.29, 1.82) is 0 Å². The molecule has 0 radical (unpaired) electrons. The first-order valence-corrected chi connectivity index (χ1v) is 6.80. The number of ketones is 1. The first-order chi connectivity index (χ1) is 8.54. The van der Waals surface area contributed by atoms with Crippen LogP contribution in [-0.2, 0) is 0 Å². The molecule has 1 aromatic carbocycles. The third-order valence-corrected chi connectivity index (χ3v) is 4.18. The highest BCUT2D eigenvalue weighted by Crippen LogP contribution is 2.33. The van der Waals surface area contributed by atoms with E-state index in [2.05, 4.69) is 0 Å². The van der Waals surface area contributed by atoms with Gasteiger partial charge in [-0.3, -0.25) is 4.79 Å². The van der Waals surface area contributed by atoms with E-state index >= 15 is 0 Å². The number of rotatable bonds is 3. The van der Waals surface area contributed by atoms with Crippen LogP contribution in [0.25, 0.3) is 0 Å². The molecule has 0 atom stereocenters. The van der Waals surface area contributed by atoms with Gasteiger partial charge in [-0.1, -0.05) is 23.2 Å². The first-order valence-electron chi connectivity index (χ1n) is 5.16. The molecule has 0 bridgehead atoms. The van der Waals surface area contributed by atoms with Gasteiger partial charge in [0.2, 0.25) is 5.78 Å². The first kappa shape index (κ1) is 13.4. The predicted octanol–water partition coefficient (Wildman–Crippen LogP) is 4.60. The SMILES string of the molecule is COc1cc(Cl)c(C(=O)c2sccc2C)cc1Cl. The van der Waals surface area contributed by atoms with Crippen molar-refractivity contribution in [3.05, 3.63) is 49.6 Å². The Morgan fingerprint density at radius 2 is 2.00 bits per heavy atom. The molecule has 0 amide bonds. The van der Waals surface area contributed by atoms with Crippen molar-refractivity contribution in [2.75, 3.05) is 7.11 Å². The average Bonchev–Trinajstić information content (AvgIpc) is 2.77. The van der Waals surface area contributed by atoms with Crippen molar-refractivity contribution in [3.8, 4) is 5.75 Å². The summed E-state index contributed by atoms with van der Waals surface area (Å²) in [4.78, 5) is 13.0. The van der Waals surface area contributed by atoms with E-state index in [0.717, 1.165) is 5.56 Å². The maximum Gasteiger partial charge on any atom is 0.204 e. The summed E-state index contributed by atoms with van der Waals surface area (Å²) in [5.41, 5.74) is 1.33. The number of hydrogen-bond acceptors (Lipinski definition) is 3. The van der Waals surface area contributed by atoms with E-state index < -0.39 is 0 Å². The number of ether oxygens (including phenoxy) is 1. The van der Waals surface area contributed by atoms with Crippen LogP contribution in [0.1, 0.15) is 20.8 Å². The predicted molar refractivity (Wildman–Crippen MR) is 75.5 cm³/mol. The Balaban J connectivity index is 2.49. The molecule has 0 N–H and O–H groups in total. The number of thiophene rings is 1. The zero-order valence-corrected chi connectivity index (χ0v) is 12.1. The minimum atomic E-state index is -0.114. The Kier molecular flexibility index (Phi) is 3.95. The Morgan fingerprint density at radius 1 is 1.28 bits per heavy atom. The highest BCUT2D eigenvalue weighted by molar-refractivity contribution is 7.12. The summed E-state index contributed by atoms with van der Waals surface area (Å²) in [7, 11) is 1.50. The van der Waals surface area contributed by atoms with Gasteiger partial charge in [-0.05, 0) is 30.0 Å². The number of aryl methyl sites for hydroxylation is 1. The zero-order chi connectivity index (χ0) is 13.3. The van der Waals surface area contributed by atoms with Crippen LogP contribution in [0.2, 0.25) is 10.0 Å². The Labute approximate surface area is 119 Å². The van der Waals surface area contributed by atoms with Crippen LogP contribution < -0.4 is 4.74 Å². The number of methoxy groups -OCH3 is 1. The highest BCUT2D eigenvalue weighted by atomic mass is 35.5. The molecule has 0 spiro atoms. The lowest BCUT2D eigenvalue weighted by molar-refractivity contribution is 0.104. The summed E-state index contributed by atoms with van der Waals surface area (Å²) in [6.45, 7) is 1.89. The molecule has 5 heteroatoms. The topological polar surface area (TPSA) is 26.3 Å². The van der Waals surface area contributed by atoms with Crippen LogP contribution in [-0.4, -0.2) is 12.9 Å². The van der Waals surface area contributed by atoms with E-state index in [1.807, 2.05) is 18.4 Å². The molecule has 0 saturated heterocycles. The molecule has 0 unspecified atom stereocenters. The monoisotopic (exact) mass is 300 g/mol. The molecule has 0 aliphatic carbocycles. The molecule has 2 rings (SSSR count). The highest BCUT2D eigenvalue weighted by Gasteiger charge is 2.18. The zero-order valence-electron chi connectivity index (χ0n) is 9.79. The van der Waals surface area contributed by atoms with Gasteiger partial charge < -0.3 is 4.74 Å². The number of hydrogen-bond donors (Lipinski definition) is 0. The van der Waals surface area contributed by atoms with Crippen LogP contribution in [0, 0.1) is 6.92 Å². The third kappa shape index (κ3) is 2.39. The minimum absolute atomic E-state index is 0.114. The normalized spacial score (nSPS) is 10.4. The summed E-state index contributed by atoms with van der Waals surface area (Å²) in [6.07, 6.45) is 0. The van der Waals surface area contributed by atoms with Gasteiger partial charge in [-0.15, -0.1) is 11.3 Å². The van der Waals surface area contributed by atoms with Gasteiger partial charge >= 0.3 is 0 Å². The second-order valence-corrected chi connectivity index (χ2v) is 5.46. The van der Waals surface area contributed by atoms with Crippen LogP contribution >= 0.6 is 34.5 Å². The molecule has 2 aromatic rings. The smallest absolute Gasteiger partial charge is 0.204 e. The lowest BCUT2D eigenvalue weighted by atomic mass is 10.1. The fourth-order valence-electron chi connectivity index (χ4n) is 1.59. The van der Waals surface area contributed by atoms with Crippen molar-refractivity contribution < 1.29 is 9.53 Å². The largest absolute Gasteiger partial charge is 0.495 e. The molecule has 18 heavy (non-hydrogen) atoms. The van der Waals surface area contributed by atoms with Gasteiger partial charge in [0, 0.05) is 11.6 Å². The second kappa shape index (κ2) is 5.31. The fraction of sp³-hybridized carbons (Fsp3) is 0.154. The molecule has 94 valence electrons. The quantitative estimate of drug-likeness (QED) is 0.774. The van der Waals surface area contributed by atoms with Crippen LogP contribution in [0.4, 0.5) is 0 Å². The van der Waals surface area contributed by atoms with Gasteiger partial charge in [0.05, 0.1) is 22.0 Å². The molecule has 0 saturated carbocycles. The van der Waals surface area contributed by atoms with Gasteiger partial charge in [-0.25, -0.2) is 0 Å². The van der Waals surface area contributed by atoms with Crippen molar-refractivity contribution in [2.45, 2.75) is 6.92 Å². The van der Waals surface area contributed by atoms with Crippen LogP contribution in [0.3, 0.4) is 0 Å². The molecule has 0 aliphatic heterocycles. The van der Waals surface area contributed by atoms with E-state index in [0.29, 0.717) is 26.2 Å². The number of benzene rings is 1. The summed E-state index contributed by atoms with van der Waals surface area (Å²) < 4.78 is 5.05. The molecular weight excluding hydrogens is 291 g/mol. The van der Waals surface area contributed by atoms with E-state index in [1.54, 1.807) is 12.1 Å². The fourth-order valence-corrected chi connectivity index (χ4v) is 2.95. The van der Waals surface area contributed by atoms with Crippen LogP contribution in [0.5, 0.6) is 5.75 Å². The molecular formula is C13H10Cl2O2S. The van der Waals surface area contributed by atoms with Crippen molar-refractivity contribution in [2.24, 2.45) is 0 Å². The molecule has 1 aromatic heterocycles. The van der Waals surface area contributed by atoms with Crippen molar-refractivity contribution >= 4 is 40.3 Å². The van der Waals surface area contributed by atoms with Gasteiger partial charge in [0.25, 0.3) is 0 Å². The van der Waals surface area contributed by atoms with E-state index in [1.165, 1.54) is 18.4 Å². The van der Waals surface area contributed by atoms with Crippen molar-refractivity contribution in [1.82, 2.24) is 0 Å². The summed E-state index contributed by atoms with van der Waals surface area (Å²) in [6, 6.07) is 5.00. The summed E-state index contributed by atoms with van der Waals surface area (Å²) in [5.74, 6) is 0.346. The molecule has 0 fully saturated rings. The molecule has 2 nitrogen and oxygen atoms in total. The van der Waals surface area contributed by atoms with Gasteiger partial charge in [0.15, 0.2) is 0 Å². The number of carbonyl (C=O) groups is 1. The lowest BCUT2D eigenvalue weighted by Gasteiger charge is -2.08. The van der Waals surface area contributed by atoms with Crippen molar-refractivity contribution in [3.63, 3.8) is 0 Å². The summed E-state index contributed by atoms with van der Waals surface area (Å²) in [5, 5.41) is 2.59. The van der Waals surface area contributed by atoms with Gasteiger partial charge in [0.1, 0.15) is 5.75 Å². The van der Waals surface area contributed by atoms with E-state index in [4.69, 9.17) is 27.9 Å².